The van der Waals surface area contributed by atoms with Gasteiger partial charge in [0.05, 0.1) is 6.04 Å². The fraction of sp³-hybridized carbons (Fsp3) is 0.435. The van der Waals surface area contributed by atoms with E-state index < -0.39 is 0 Å². The zero-order valence-electron chi connectivity index (χ0n) is 16.7. The monoisotopic (exact) mass is 384 g/mol. The Balaban J connectivity index is 1.54. The molecule has 0 aliphatic carbocycles. The van der Waals surface area contributed by atoms with E-state index in [9.17, 15) is 9.18 Å². The first-order valence-electron chi connectivity index (χ1n) is 9.97. The molecule has 28 heavy (non-hydrogen) atoms. The summed E-state index contributed by atoms with van der Waals surface area (Å²) in [5.41, 5.74) is 1.80. The molecular formula is C23H29FN2O2. The lowest BCUT2D eigenvalue weighted by molar-refractivity contribution is -0.214. The number of carbonyl (C=O) groups excluding carboxylic acids is 1. The molecule has 1 aliphatic rings. The fourth-order valence-electron chi connectivity index (χ4n) is 3.88. The molecule has 0 radical (unpaired) electrons. The number of likely N-dealkylation sites (tertiary alicyclic amines) is 1. The largest absolute Gasteiger partial charge is 0.303 e. The highest BCUT2D eigenvalue weighted by atomic mass is 19.1. The molecule has 0 spiro atoms. The van der Waals surface area contributed by atoms with E-state index in [0.717, 1.165) is 32.5 Å². The van der Waals surface area contributed by atoms with Crippen LogP contribution in [0.1, 0.15) is 31.4 Å². The van der Waals surface area contributed by atoms with Gasteiger partial charge in [-0.2, -0.15) is 0 Å². The van der Waals surface area contributed by atoms with Crippen LogP contribution in [0.25, 0.3) is 0 Å². The van der Waals surface area contributed by atoms with Gasteiger partial charge in [-0.1, -0.05) is 55.5 Å². The van der Waals surface area contributed by atoms with Gasteiger partial charge in [-0.3, -0.25) is 9.63 Å². The number of nitrogens with zero attached hydrogens (tertiary/aromatic N) is 2. The second-order valence-corrected chi connectivity index (χ2v) is 7.58. The quantitative estimate of drug-likeness (QED) is 0.675. The molecule has 2 atom stereocenters. The average molecular weight is 384 g/mol. The third kappa shape index (κ3) is 5.40. The van der Waals surface area contributed by atoms with E-state index in [1.807, 2.05) is 6.07 Å². The zero-order valence-corrected chi connectivity index (χ0v) is 16.7. The smallest absolute Gasteiger partial charge is 0.243 e. The lowest BCUT2D eigenvalue weighted by atomic mass is 9.93. The molecule has 4 nitrogen and oxygen atoms in total. The van der Waals surface area contributed by atoms with E-state index in [1.54, 1.807) is 18.2 Å². The van der Waals surface area contributed by atoms with Crippen molar-refractivity contribution >= 4 is 5.91 Å². The molecule has 1 aliphatic heterocycles. The van der Waals surface area contributed by atoms with Crippen LogP contribution in [-0.2, 0) is 22.7 Å². The predicted molar refractivity (Wildman–Crippen MR) is 108 cm³/mol. The second kappa shape index (κ2) is 9.80. The third-order valence-corrected chi connectivity index (χ3v) is 5.43. The Morgan fingerprint density at radius 3 is 2.57 bits per heavy atom. The zero-order chi connectivity index (χ0) is 19.9. The molecule has 2 aromatic carbocycles. The topological polar surface area (TPSA) is 32.8 Å². The van der Waals surface area contributed by atoms with Crippen LogP contribution in [0.5, 0.6) is 0 Å². The van der Waals surface area contributed by atoms with Gasteiger partial charge in [-0.05, 0) is 30.4 Å². The van der Waals surface area contributed by atoms with Crippen molar-refractivity contribution in [2.75, 3.05) is 19.6 Å². The first-order valence-corrected chi connectivity index (χ1v) is 9.97. The number of hydroxylamine groups is 2. The van der Waals surface area contributed by atoms with Gasteiger partial charge in [-0.15, -0.1) is 0 Å². The number of carbonyl (C=O) groups is 1. The Kier molecular flexibility index (Phi) is 7.18. The van der Waals surface area contributed by atoms with Gasteiger partial charge < -0.3 is 4.90 Å². The van der Waals surface area contributed by atoms with Gasteiger partial charge in [0.15, 0.2) is 0 Å². The predicted octanol–water partition coefficient (Wildman–Crippen LogP) is 4.06. The summed E-state index contributed by atoms with van der Waals surface area (Å²) in [6.07, 6.45) is 1.88. The molecule has 5 heteroatoms. The highest BCUT2D eigenvalue weighted by Crippen LogP contribution is 2.24. The lowest BCUT2D eigenvalue weighted by Crippen LogP contribution is -2.51. The molecule has 0 bridgehead atoms. The summed E-state index contributed by atoms with van der Waals surface area (Å²) in [7, 11) is 0. The highest BCUT2D eigenvalue weighted by Gasteiger charge is 2.33. The van der Waals surface area contributed by atoms with Crippen molar-refractivity contribution in [2.45, 2.75) is 39.3 Å². The van der Waals surface area contributed by atoms with Crippen molar-refractivity contribution in [3.05, 3.63) is 71.5 Å². The lowest BCUT2D eigenvalue weighted by Gasteiger charge is -2.41. The number of hydrogen-bond donors (Lipinski definition) is 0. The van der Waals surface area contributed by atoms with Gasteiger partial charge in [0.2, 0.25) is 5.91 Å². The molecule has 1 saturated heterocycles. The highest BCUT2D eigenvalue weighted by molar-refractivity contribution is 5.72. The maximum atomic E-state index is 13.8. The minimum atomic E-state index is -0.310. The van der Waals surface area contributed by atoms with Crippen LogP contribution in [0.15, 0.2) is 54.6 Å². The molecule has 3 rings (SSSR count). The fourth-order valence-corrected chi connectivity index (χ4v) is 3.88. The van der Waals surface area contributed by atoms with Crippen molar-refractivity contribution in [2.24, 2.45) is 5.92 Å². The Hall–Kier alpha value is -2.24. The Morgan fingerprint density at radius 2 is 1.89 bits per heavy atom. The second-order valence-electron chi connectivity index (χ2n) is 7.58. The van der Waals surface area contributed by atoms with E-state index in [1.165, 1.54) is 23.6 Å². The number of amides is 1. The molecule has 0 saturated carbocycles. The average Bonchev–Trinajstić information content (AvgIpc) is 2.69. The summed E-state index contributed by atoms with van der Waals surface area (Å²) < 4.78 is 13.8. The molecule has 0 N–H and O–H groups in total. The molecule has 1 fully saturated rings. The minimum Gasteiger partial charge on any atom is -0.303 e. The van der Waals surface area contributed by atoms with Crippen molar-refractivity contribution in [3.63, 3.8) is 0 Å². The van der Waals surface area contributed by atoms with Gasteiger partial charge in [0.1, 0.15) is 12.4 Å². The summed E-state index contributed by atoms with van der Waals surface area (Å²) >= 11 is 0. The SMILES string of the molecule is CC(=O)N(OCc1ccccc1F)[C@H]1CCN(CCc2ccccc2)C[C@H]1C. The van der Waals surface area contributed by atoms with Crippen LogP contribution in [0.2, 0.25) is 0 Å². The number of rotatable bonds is 7. The van der Waals surface area contributed by atoms with Crippen LogP contribution in [0.4, 0.5) is 4.39 Å². The van der Waals surface area contributed by atoms with E-state index in [0.29, 0.717) is 5.56 Å². The molecule has 0 unspecified atom stereocenters. The van der Waals surface area contributed by atoms with E-state index >= 15 is 0 Å². The van der Waals surface area contributed by atoms with Crippen molar-refractivity contribution in [1.82, 2.24) is 9.96 Å². The standard InChI is InChI=1S/C23H29FN2O2/c1-18-16-25(14-12-20-8-4-3-5-9-20)15-13-23(18)26(19(2)27)28-17-21-10-6-7-11-22(21)24/h3-11,18,23H,12-17H2,1-2H3/t18-,23+/m1/s1. The molecular weight excluding hydrogens is 355 g/mol. The summed E-state index contributed by atoms with van der Waals surface area (Å²) in [4.78, 5) is 20.4. The first-order chi connectivity index (χ1) is 13.5. The number of halogens is 1. The first kappa shape index (κ1) is 20.5. The minimum absolute atomic E-state index is 0.0113. The molecule has 0 aromatic heterocycles. The maximum Gasteiger partial charge on any atom is 0.243 e. The summed E-state index contributed by atoms with van der Waals surface area (Å²) in [6.45, 7) is 6.58. The normalized spacial score (nSPS) is 20.1. The van der Waals surface area contributed by atoms with Crippen LogP contribution < -0.4 is 0 Å². The summed E-state index contributed by atoms with van der Waals surface area (Å²) in [5, 5.41) is 1.46. The molecule has 1 heterocycles. The van der Waals surface area contributed by atoms with Gasteiger partial charge in [-0.25, -0.2) is 9.45 Å². The van der Waals surface area contributed by atoms with Crippen LogP contribution >= 0.6 is 0 Å². The number of hydrogen-bond acceptors (Lipinski definition) is 3. The van der Waals surface area contributed by atoms with E-state index in [4.69, 9.17) is 4.84 Å². The maximum absolute atomic E-state index is 13.8. The van der Waals surface area contributed by atoms with Crippen LogP contribution in [-0.4, -0.2) is 41.5 Å². The molecule has 2 aromatic rings. The van der Waals surface area contributed by atoms with Crippen molar-refractivity contribution in [3.8, 4) is 0 Å². The molecule has 150 valence electrons. The van der Waals surface area contributed by atoms with Crippen LogP contribution in [0, 0.1) is 11.7 Å². The third-order valence-electron chi connectivity index (χ3n) is 5.43. The number of benzene rings is 2. The number of piperidine rings is 1. The summed E-state index contributed by atoms with van der Waals surface area (Å²) in [6, 6.07) is 17.0. The van der Waals surface area contributed by atoms with Crippen molar-refractivity contribution < 1.29 is 14.0 Å². The Labute approximate surface area is 166 Å². The Bertz CT molecular complexity index is 768. The van der Waals surface area contributed by atoms with Gasteiger partial charge in [0.25, 0.3) is 0 Å². The summed E-state index contributed by atoms with van der Waals surface area (Å²) in [5.74, 6) is -0.158. The molecule has 1 amide bonds. The Morgan fingerprint density at radius 1 is 1.18 bits per heavy atom. The van der Waals surface area contributed by atoms with Gasteiger partial charge >= 0.3 is 0 Å². The van der Waals surface area contributed by atoms with Gasteiger partial charge in [0, 0.05) is 32.1 Å². The van der Waals surface area contributed by atoms with E-state index in [2.05, 4.69) is 36.1 Å². The van der Waals surface area contributed by atoms with Crippen molar-refractivity contribution in [1.29, 1.82) is 0 Å². The van der Waals surface area contributed by atoms with Crippen LogP contribution in [0.3, 0.4) is 0 Å². The van der Waals surface area contributed by atoms with E-state index in [-0.39, 0.29) is 30.3 Å².